The number of anilines is 1. The van der Waals surface area contributed by atoms with Crippen molar-refractivity contribution in [1.29, 1.82) is 0 Å². The molecular weight excluding hydrogens is 180 g/mol. The maximum atomic E-state index is 5.41. The van der Waals surface area contributed by atoms with Crippen molar-refractivity contribution in [2.45, 2.75) is 6.92 Å². The molecular formula is C10H16N2O2. The van der Waals surface area contributed by atoms with Crippen molar-refractivity contribution >= 4 is 5.69 Å². The number of benzene rings is 1. The predicted octanol–water partition coefficient (Wildman–Crippen LogP) is 1.34. The van der Waals surface area contributed by atoms with Crippen LogP contribution < -0.4 is 20.5 Å². The van der Waals surface area contributed by atoms with Gasteiger partial charge in [0.05, 0.1) is 20.9 Å². The van der Waals surface area contributed by atoms with E-state index in [1.54, 1.807) is 14.2 Å². The molecule has 1 rings (SSSR count). The van der Waals surface area contributed by atoms with Gasteiger partial charge in [0.25, 0.3) is 0 Å². The second-order valence-electron chi connectivity index (χ2n) is 2.90. The van der Waals surface area contributed by atoms with Gasteiger partial charge in [-0.15, -0.1) is 0 Å². The normalized spacial score (nSPS) is 9.71. The molecule has 0 saturated heterocycles. The largest absolute Gasteiger partial charge is 0.493 e. The molecule has 3 N–H and O–H groups in total. The van der Waals surface area contributed by atoms with Gasteiger partial charge in [-0.05, 0) is 18.6 Å². The van der Waals surface area contributed by atoms with Crippen LogP contribution in [0.1, 0.15) is 5.56 Å². The van der Waals surface area contributed by atoms with E-state index in [0.29, 0.717) is 12.4 Å². The molecule has 0 aliphatic rings. The maximum Gasteiger partial charge on any atom is 0.162 e. The Morgan fingerprint density at radius 2 is 1.79 bits per heavy atom. The average Bonchev–Trinajstić information content (AvgIpc) is 2.20. The molecule has 0 heterocycles. The summed E-state index contributed by atoms with van der Waals surface area (Å²) in [5.74, 6) is 1.43. The summed E-state index contributed by atoms with van der Waals surface area (Å²) in [5.41, 5.74) is 7.45. The smallest absolute Gasteiger partial charge is 0.162 e. The number of methoxy groups -OCH3 is 2. The Morgan fingerprint density at radius 1 is 1.21 bits per heavy atom. The highest BCUT2D eigenvalue weighted by Crippen LogP contribution is 2.32. The molecule has 4 nitrogen and oxygen atoms in total. The highest BCUT2D eigenvalue weighted by Gasteiger charge is 2.07. The molecule has 0 bridgehead atoms. The van der Waals surface area contributed by atoms with Crippen molar-refractivity contribution in [3.63, 3.8) is 0 Å². The summed E-state index contributed by atoms with van der Waals surface area (Å²) >= 11 is 0. The van der Waals surface area contributed by atoms with Gasteiger partial charge in [0, 0.05) is 11.8 Å². The standard InChI is InChI=1S/C10H16N2O2/c1-7-4-9(13-2)10(14-3)5-8(7)12-6-11/h4-5,12H,6,11H2,1-3H3. The van der Waals surface area contributed by atoms with Crippen molar-refractivity contribution in [3.05, 3.63) is 17.7 Å². The Hall–Kier alpha value is -1.42. The first-order chi connectivity index (χ1) is 6.72. The molecule has 78 valence electrons. The van der Waals surface area contributed by atoms with E-state index in [1.165, 1.54) is 0 Å². The van der Waals surface area contributed by atoms with Gasteiger partial charge in [-0.25, -0.2) is 0 Å². The van der Waals surface area contributed by atoms with Crippen LogP contribution in [0.3, 0.4) is 0 Å². The van der Waals surface area contributed by atoms with E-state index < -0.39 is 0 Å². The van der Waals surface area contributed by atoms with Crippen LogP contribution in [0.4, 0.5) is 5.69 Å². The average molecular weight is 196 g/mol. The van der Waals surface area contributed by atoms with Gasteiger partial charge in [-0.2, -0.15) is 0 Å². The molecule has 0 atom stereocenters. The third-order valence-electron chi connectivity index (χ3n) is 2.02. The molecule has 14 heavy (non-hydrogen) atoms. The Labute approximate surface area is 84.0 Å². The van der Waals surface area contributed by atoms with Crippen LogP contribution in [-0.4, -0.2) is 20.9 Å². The monoisotopic (exact) mass is 196 g/mol. The van der Waals surface area contributed by atoms with Gasteiger partial charge in [-0.3, -0.25) is 0 Å². The molecule has 0 aliphatic heterocycles. The Morgan fingerprint density at radius 3 is 2.29 bits per heavy atom. The predicted molar refractivity (Wildman–Crippen MR) is 57.0 cm³/mol. The maximum absolute atomic E-state index is 5.41. The molecule has 0 unspecified atom stereocenters. The minimum Gasteiger partial charge on any atom is -0.493 e. The number of hydrogen-bond acceptors (Lipinski definition) is 4. The Balaban J connectivity index is 3.09. The molecule has 0 aromatic heterocycles. The molecule has 0 saturated carbocycles. The number of nitrogens with one attached hydrogen (secondary N) is 1. The molecule has 1 aromatic rings. The number of nitrogens with two attached hydrogens (primary N) is 1. The third-order valence-corrected chi connectivity index (χ3v) is 2.02. The highest BCUT2D eigenvalue weighted by molar-refractivity contribution is 5.60. The van der Waals surface area contributed by atoms with Gasteiger partial charge in [-0.1, -0.05) is 0 Å². The van der Waals surface area contributed by atoms with Crippen LogP contribution >= 0.6 is 0 Å². The van der Waals surface area contributed by atoms with Crippen LogP contribution in [0.15, 0.2) is 12.1 Å². The number of hydrogen-bond donors (Lipinski definition) is 2. The van der Waals surface area contributed by atoms with Gasteiger partial charge in [0.2, 0.25) is 0 Å². The summed E-state index contributed by atoms with van der Waals surface area (Å²) in [6.45, 7) is 2.39. The lowest BCUT2D eigenvalue weighted by atomic mass is 10.2. The lowest BCUT2D eigenvalue weighted by Gasteiger charge is -2.13. The van der Waals surface area contributed by atoms with Crippen LogP contribution in [0, 0.1) is 6.92 Å². The quantitative estimate of drug-likeness (QED) is 0.713. The summed E-state index contributed by atoms with van der Waals surface area (Å²) in [5, 5.41) is 3.04. The number of rotatable bonds is 4. The number of ether oxygens (including phenoxy) is 2. The first kappa shape index (κ1) is 10.7. The van der Waals surface area contributed by atoms with Crippen molar-refractivity contribution in [3.8, 4) is 11.5 Å². The second-order valence-corrected chi connectivity index (χ2v) is 2.90. The zero-order valence-electron chi connectivity index (χ0n) is 8.76. The molecule has 1 aromatic carbocycles. The highest BCUT2D eigenvalue weighted by atomic mass is 16.5. The van der Waals surface area contributed by atoms with E-state index in [1.807, 2.05) is 19.1 Å². The van der Waals surface area contributed by atoms with E-state index >= 15 is 0 Å². The SMILES string of the molecule is COc1cc(C)c(NCN)cc1OC. The lowest BCUT2D eigenvalue weighted by Crippen LogP contribution is -2.11. The Bertz CT molecular complexity index is 313. The fourth-order valence-corrected chi connectivity index (χ4v) is 1.28. The fourth-order valence-electron chi connectivity index (χ4n) is 1.28. The minimum absolute atomic E-state index is 0.399. The van der Waals surface area contributed by atoms with Crippen LogP contribution in [0.5, 0.6) is 11.5 Å². The molecule has 0 aliphatic carbocycles. The fraction of sp³-hybridized carbons (Fsp3) is 0.400. The molecule has 0 fully saturated rings. The van der Waals surface area contributed by atoms with Gasteiger partial charge in [0.15, 0.2) is 11.5 Å². The van der Waals surface area contributed by atoms with Crippen molar-refractivity contribution in [2.75, 3.05) is 26.2 Å². The van der Waals surface area contributed by atoms with E-state index in [0.717, 1.165) is 17.0 Å². The first-order valence-corrected chi connectivity index (χ1v) is 4.39. The molecule has 4 heteroatoms. The van der Waals surface area contributed by atoms with Crippen LogP contribution in [0.2, 0.25) is 0 Å². The summed E-state index contributed by atoms with van der Waals surface area (Å²) in [6.07, 6.45) is 0. The summed E-state index contributed by atoms with van der Waals surface area (Å²) in [6, 6.07) is 3.79. The molecule has 0 amide bonds. The van der Waals surface area contributed by atoms with Crippen LogP contribution in [-0.2, 0) is 0 Å². The first-order valence-electron chi connectivity index (χ1n) is 4.39. The minimum atomic E-state index is 0.399. The second kappa shape index (κ2) is 4.72. The molecule has 0 spiro atoms. The Kier molecular flexibility index (Phi) is 3.59. The van der Waals surface area contributed by atoms with Crippen molar-refractivity contribution in [2.24, 2.45) is 5.73 Å². The van der Waals surface area contributed by atoms with E-state index in [-0.39, 0.29) is 0 Å². The van der Waals surface area contributed by atoms with Crippen molar-refractivity contribution in [1.82, 2.24) is 0 Å². The summed E-state index contributed by atoms with van der Waals surface area (Å²) < 4.78 is 10.3. The van der Waals surface area contributed by atoms with E-state index in [2.05, 4.69) is 5.32 Å². The zero-order valence-corrected chi connectivity index (χ0v) is 8.76. The summed E-state index contributed by atoms with van der Waals surface area (Å²) in [4.78, 5) is 0. The van der Waals surface area contributed by atoms with Gasteiger partial charge >= 0.3 is 0 Å². The third kappa shape index (κ3) is 2.09. The molecule has 0 radical (unpaired) electrons. The van der Waals surface area contributed by atoms with Gasteiger partial charge in [0.1, 0.15) is 0 Å². The summed E-state index contributed by atoms with van der Waals surface area (Å²) in [7, 11) is 3.23. The van der Waals surface area contributed by atoms with Gasteiger partial charge < -0.3 is 20.5 Å². The van der Waals surface area contributed by atoms with E-state index in [4.69, 9.17) is 15.2 Å². The topological polar surface area (TPSA) is 56.5 Å². The van der Waals surface area contributed by atoms with E-state index in [9.17, 15) is 0 Å². The van der Waals surface area contributed by atoms with Crippen molar-refractivity contribution < 1.29 is 9.47 Å². The van der Waals surface area contributed by atoms with Crippen LogP contribution in [0.25, 0.3) is 0 Å². The lowest BCUT2D eigenvalue weighted by molar-refractivity contribution is 0.355. The zero-order chi connectivity index (χ0) is 10.6. The number of aryl methyl sites for hydroxylation is 1.